The molecular formula is C14H26N2O. The van der Waals surface area contributed by atoms with Crippen LogP contribution in [0, 0.1) is 11.8 Å². The molecule has 1 amide bonds. The van der Waals surface area contributed by atoms with E-state index in [4.69, 9.17) is 0 Å². The Morgan fingerprint density at radius 1 is 1.29 bits per heavy atom. The van der Waals surface area contributed by atoms with Crippen LogP contribution < -0.4 is 5.32 Å². The van der Waals surface area contributed by atoms with E-state index in [1.54, 1.807) is 0 Å². The molecule has 0 aromatic heterocycles. The van der Waals surface area contributed by atoms with Crippen LogP contribution in [0.1, 0.15) is 46.0 Å². The SMILES string of the molecule is CC(NCC1CC1C)C(=O)N1CCCCCC1. The molecule has 2 fully saturated rings. The van der Waals surface area contributed by atoms with E-state index in [9.17, 15) is 4.79 Å². The third-order valence-corrected chi connectivity index (χ3v) is 4.25. The van der Waals surface area contributed by atoms with E-state index in [-0.39, 0.29) is 6.04 Å². The Hall–Kier alpha value is -0.570. The molecule has 3 heteroatoms. The lowest BCUT2D eigenvalue weighted by Gasteiger charge is -2.24. The van der Waals surface area contributed by atoms with Crippen molar-refractivity contribution in [1.82, 2.24) is 10.2 Å². The predicted molar refractivity (Wildman–Crippen MR) is 69.8 cm³/mol. The summed E-state index contributed by atoms with van der Waals surface area (Å²) < 4.78 is 0. The Bertz CT molecular complexity index is 259. The number of carbonyl (C=O) groups excluding carboxylic acids is 1. The molecule has 3 nitrogen and oxygen atoms in total. The molecule has 1 saturated heterocycles. The number of hydrogen-bond donors (Lipinski definition) is 1. The molecular weight excluding hydrogens is 212 g/mol. The molecule has 0 bridgehead atoms. The van der Waals surface area contributed by atoms with Crippen LogP contribution in [0.5, 0.6) is 0 Å². The number of amides is 1. The van der Waals surface area contributed by atoms with Gasteiger partial charge >= 0.3 is 0 Å². The molecule has 17 heavy (non-hydrogen) atoms. The van der Waals surface area contributed by atoms with Crippen molar-refractivity contribution in [1.29, 1.82) is 0 Å². The molecule has 0 radical (unpaired) electrons. The van der Waals surface area contributed by atoms with Crippen LogP contribution >= 0.6 is 0 Å². The lowest BCUT2D eigenvalue weighted by atomic mass is 10.2. The highest BCUT2D eigenvalue weighted by atomic mass is 16.2. The Balaban J connectivity index is 1.72. The summed E-state index contributed by atoms with van der Waals surface area (Å²) in [6, 6.07) is 0.000833. The van der Waals surface area contributed by atoms with Crippen molar-refractivity contribution in [3.63, 3.8) is 0 Å². The molecule has 2 aliphatic rings. The number of hydrogen-bond acceptors (Lipinski definition) is 2. The average molecular weight is 238 g/mol. The molecule has 2 rings (SSSR count). The van der Waals surface area contributed by atoms with Gasteiger partial charge in [0.05, 0.1) is 6.04 Å². The van der Waals surface area contributed by atoms with Crippen LogP contribution in [0.2, 0.25) is 0 Å². The molecule has 1 N–H and O–H groups in total. The number of nitrogens with one attached hydrogen (secondary N) is 1. The van der Waals surface area contributed by atoms with Gasteiger partial charge < -0.3 is 10.2 Å². The van der Waals surface area contributed by atoms with Crippen LogP contribution in [0.15, 0.2) is 0 Å². The molecule has 1 aliphatic carbocycles. The van der Waals surface area contributed by atoms with Gasteiger partial charge in [0.25, 0.3) is 0 Å². The van der Waals surface area contributed by atoms with Gasteiger partial charge in [0.1, 0.15) is 0 Å². The largest absolute Gasteiger partial charge is 0.341 e. The Kier molecular flexibility index (Phi) is 4.43. The van der Waals surface area contributed by atoms with Crippen molar-refractivity contribution in [2.24, 2.45) is 11.8 Å². The highest BCUT2D eigenvalue weighted by molar-refractivity contribution is 5.81. The van der Waals surface area contributed by atoms with Gasteiger partial charge in [-0.25, -0.2) is 0 Å². The van der Waals surface area contributed by atoms with Crippen LogP contribution in [0.4, 0.5) is 0 Å². The number of rotatable bonds is 4. The van der Waals surface area contributed by atoms with E-state index in [0.717, 1.165) is 31.5 Å². The molecule has 3 unspecified atom stereocenters. The van der Waals surface area contributed by atoms with Crippen molar-refractivity contribution in [2.45, 2.75) is 52.0 Å². The first-order valence-corrected chi connectivity index (χ1v) is 7.20. The minimum absolute atomic E-state index is 0.000833. The summed E-state index contributed by atoms with van der Waals surface area (Å²) in [5, 5.41) is 3.40. The van der Waals surface area contributed by atoms with Crippen LogP contribution in [0.3, 0.4) is 0 Å². The van der Waals surface area contributed by atoms with E-state index >= 15 is 0 Å². The maximum absolute atomic E-state index is 12.2. The van der Waals surface area contributed by atoms with Crippen molar-refractivity contribution < 1.29 is 4.79 Å². The van der Waals surface area contributed by atoms with Crippen molar-refractivity contribution in [2.75, 3.05) is 19.6 Å². The fourth-order valence-corrected chi connectivity index (χ4v) is 2.66. The Labute approximate surface area is 105 Å². The molecule has 98 valence electrons. The van der Waals surface area contributed by atoms with E-state index < -0.39 is 0 Å². The second-order valence-corrected chi connectivity index (χ2v) is 5.84. The standard InChI is InChI=1S/C14H26N2O/c1-11-9-13(11)10-15-12(2)14(17)16-7-5-3-4-6-8-16/h11-13,15H,3-10H2,1-2H3. The summed E-state index contributed by atoms with van der Waals surface area (Å²) in [5.41, 5.74) is 0. The van der Waals surface area contributed by atoms with Gasteiger partial charge in [0, 0.05) is 13.1 Å². The van der Waals surface area contributed by atoms with E-state index in [1.807, 2.05) is 6.92 Å². The van der Waals surface area contributed by atoms with Crippen LogP contribution in [0.25, 0.3) is 0 Å². The maximum Gasteiger partial charge on any atom is 0.239 e. The van der Waals surface area contributed by atoms with E-state index in [0.29, 0.717) is 5.91 Å². The Morgan fingerprint density at radius 3 is 2.41 bits per heavy atom. The van der Waals surface area contributed by atoms with Gasteiger partial charge in [-0.15, -0.1) is 0 Å². The molecule has 3 atom stereocenters. The fourth-order valence-electron chi connectivity index (χ4n) is 2.66. The third kappa shape index (κ3) is 3.70. The minimum atomic E-state index is 0.000833. The average Bonchev–Trinajstić information content (AvgIpc) is 3.07. The van der Waals surface area contributed by atoms with Gasteiger partial charge in [-0.2, -0.15) is 0 Å². The first-order chi connectivity index (χ1) is 8.18. The lowest BCUT2D eigenvalue weighted by Crippen LogP contribution is -2.45. The number of carbonyl (C=O) groups is 1. The first-order valence-electron chi connectivity index (χ1n) is 7.20. The van der Waals surface area contributed by atoms with E-state index in [1.165, 1.54) is 32.1 Å². The summed E-state index contributed by atoms with van der Waals surface area (Å²) in [6.07, 6.45) is 6.25. The maximum atomic E-state index is 12.2. The zero-order valence-electron chi connectivity index (χ0n) is 11.2. The van der Waals surface area contributed by atoms with Crippen molar-refractivity contribution in [3.8, 4) is 0 Å². The third-order valence-electron chi connectivity index (χ3n) is 4.25. The highest BCUT2D eigenvalue weighted by Crippen LogP contribution is 2.36. The predicted octanol–water partition coefficient (Wildman–Crippen LogP) is 2.02. The zero-order chi connectivity index (χ0) is 12.3. The van der Waals surface area contributed by atoms with Crippen LogP contribution in [-0.2, 0) is 4.79 Å². The number of nitrogens with zero attached hydrogens (tertiary/aromatic N) is 1. The van der Waals surface area contributed by atoms with Gasteiger partial charge in [-0.05, 0) is 44.6 Å². The van der Waals surface area contributed by atoms with Gasteiger partial charge in [0.15, 0.2) is 0 Å². The summed E-state index contributed by atoms with van der Waals surface area (Å²) in [4.78, 5) is 14.3. The zero-order valence-corrected chi connectivity index (χ0v) is 11.2. The van der Waals surface area contributed by atoms with Gasteiger partial charge in [0.2, 0.25) is 5.91 Å². The molecule has 0 aromatic carbocycles. The second kappa shape index (κ2) is 5.85. The minimum Gasteiger partial charge on any atom is -0.341 e. The lowest BCUT2D eigenvalue weighted by molar-refractivity contribution is -0.133. The van der Waals surface area contributed by atoms with Crippen molar-refractivity contribution in [3.05, 3.63) is 0 Å². The first kappa shape index (κ1) is 12.9. The topological polar surface area (TPSA) is 32.3 Å². The highest BCUT2D eigenvalue weighted by Gasteiger charge is 2.33. The summed E-state index contributed by atoms with van der Waals surface area (Å²) in [6.45, 7) is 7.24. The van der Waals surface area contributed by atoms with Crippen molar-refractivity contribution >= 4 is 5.91 Å². The normalized spacial score (nSPS) is 30.8. The summed E-state index contributed by atoms with van der Waals surface area (Å²) in [7, 11) is 0. The monoisotopic (exact) mass is 238 g/mol. The molecule has 0 aromatic rings. The van der Waals surface area contributed by atoms with Gasteiger partial charge in [-0.1, -0.05) is 19.8 Å². The van der Waals surface area contributed by atoms with E-state index in [2.05, 4.69) is 17.1 Å². The smallest absolute Gasteiger partial charge is 0.239 e. The summed E-state index contributed by atoms with van der Waals surface area (Å²) in [5.74, 6) is 1.98. The quantitative estimate of drug-likeness (QED) is 0.812. The summed E-state index contributed by atoms with van der Waals surface area (Å²) >= 11 is 0. The van der Waals surface area contributed by atoms with Gasteiger partial charge in [-0.3, -0.25) is 4.79 Å². The molecule has 1 aliphatic heterocycles. The fraction of sp³-hybridized carbons (Fsp3) is 0.929. The molecule has 1 heterocycles. The van der Waals surface area contributed by atoms with Crippen LogP contribution in [-0.4, -0.2) is 36.5 Å². The Morgan fingerprint density at radius 2 is 1.88 bits per heavy atom. The molecule has 0 spiro atoms. The molecule has 1 saturated carbocycles. The number of likely N-dealkylation sites (tertiary alicyclic amines) is 1. The second-order valence-electron chi connectivity index (χ2n) is 5.84.